The summed E-state index contributed by atoms with van der Waals surface area (Å²) in [6, 6.07) is 67.0. The minimum atomic E-state index is 1.16. The fraction of sp³-hybridized carbons (Fsp3) is 0. The number of benzene rings is 9. The van der Waals surface area contributed by atoms with Gasteiger partial charge < -0.3 is 8.97 Å². The van der Waals surface area contributed by atoms with E-state index in [1.165, 1.54) is 104 Å². The van der Waals surface area contributed by atoms with E-state index in [1.807, 2.05) is 0 Å². The van der Waals surface area contributed by atoms with Crippen LogP contribution in [0.1, 0.15) is 0 Å². The van der Waals surface area contributed by atoms with Crippen molar-refractivity contribution in [3.8, 4) is 27.9 Å². The highest BCUT2D eigenvalue weighted by molar-refractivity contribution is 6.40. The Bertz CT molecular complexity index is 3380. The predicted octanol–water partition coefficient (Wildman–Crippen LogP) is 13.6. The van der Waals surface area contributed by atoms with Crippen LogP contribution in [0.5, 0.6) is 0 Å². The van der Waals surface area contributed by atoms with Crippen molar-refractivity contribution in [3.05, 3.63) is 182 Å². The maximum absolute atomic E-state index is 2.54. The van der Waals surface area contributed by atoms with Crippen LogP contribution in [0.25, 0.3) is 109 Å². The SMILES string of the molecule is c1ccc(-c2ccccc2-c2ccc(-n3c4cc5ccccc5cc4c4c5c6cccc7c8ccccc8n(c76)c5c5ccccc5c43)cc2)cc1. The molecule has 12 rings (SSSR count). The minimum Gasteiger partial charge on any atom is -0.309 e. The Morgan fingerprint density at radius 1 is 0.308 bits per heavy atom. The molecule has 0 radical (unpaired) electrons. The zero-order valence-corrected chi connectivity index (χ0v) is 28.2. The smallest absolute Gasteiger partial charge is 0.0627 e. The second-order valence-corrected chi connectivity index (χ2v) is 14.1. The zero-order valence-electron chi connectivity index (χ0n) is 28.2. The number of para-hydroxylation sites is 2. The van der Waals surface area contributed by atoms with Crippen molar-refractivity contribution < 1.29 is 0 Å². The van der Waals surface area contributed by atoms with Crippen molar-refractivity contribution in [2.45, 2.75) is 0 Å². The molecule has 3 aromatic heterocycles. The first-order chi connectivity index (χ1) is 25.8. The Morgan fingerprint density at radius 2 is 0.846 bits per heavy atom. The van der Waals surface area contributed by atoms with Crippen molar-refractivity contribution in [3.63, 3.8) is 0 Å². The molecular weight excluding hydrogens is 629 g/mol. The van der Waals surface area contributed by atoms with Crippen molar-refractivity contribution in [1.82, 2.24) is 8.97 Å². The lowest BCUT2D eigenvalue weighted by Crippen LogP contribution is -1.95. The molecule has 0 aliphatic heterocycles. The van der Waals surface area contributed by atoms with E-state index in [2.05, 4.69) is 191 Å². The zero-order chi connectivity index (χ0) is 33.9. The molecule has 3 heterocycles. The predicted molar refractivity (Wildman–Crippen MR) is 221 cm³/mol. The summed E-state index contributed by atoms with van der Waals surface area (Å²) in [4.78, 5) is 0. The maximum atomic E-state index is 2.54. The third kappa shape index (κ3) is 3.63. The monoisotopic (exact) mass is 658 g/mol. The highest BCUT2D eigenvalue weighted by Crippen LogP contribution is 2.49. The quantitative estimate of drug-likeness (QED) is 0.179. The van der Waals surface area contributed by atoms with E-state index in [0.29, 0.717) is 0 Å². The van der Waals surface area contributed by atoms with Crippen molar-refractivity contribution in [2.75, 3.05) is 0 Å². The van der Waals surface area contributed by atoms with Gasteiger partial charge in [0, 0.05) is 48.8 Å². The molecule has 0 N–H and O–H groups in total. The van der Waals surface area contributed by atoms with Crippen LogP contribution < -0.4 is 0 Å². The van der Waals surface area contributed by atoms with Gasteiger partial charge in [0.15, 0.2) is 0 Å². The van der Waals surface area contributed by atoms with Gasteiger partial charge in [-0.3, -0.25) is 0 Å². The van der Waals surface area contributed by atoms with Crippen molar-refractivity contribution in [2.24, 2.45) is 0 Å². The molecule has 2 heteroatoms. The van der Waals surface area contributed by atoms with Crippen LogP contribution in [-0.2, 0) is 0 Å². The van der Waals surface area contributed by atoms with Gasteiger partial charge in [0.1, 0.15) is 0 Å². The summed E-state index contributed by atoms with van der Waals surface area (Å²) < 4.78 is 5.07. The molecule has 52 heavy (non-hydrogen) atoms. The summed E-state index contributed by atoms with van der Waals surface area (Å²) in [6.45, 7) is 0. The Labute approximate surface area is 299 Å². The van der Waals surface area contributed by atoms with Crippen molar-refractivity contribution >= 4 is 81.4 Å². The van der Waals surface area contributed by atoms with Gasteiger partial charge in [0.2, 0.25) is 0 Å². The van der Waals surface area contributed by atoms with Crippen LogP contribution in [0.3, 0.4) is 0 Å². The van der Waals surface area contributed by atoms with Crippen LogP contribution in [-0.4, -0.2) is 8.97 Å². The molecule has 0 spiro atoms. The lowest BCUT2D eigenvalue weighted by atomic mass is 9.94. The first-order valence-corrected chi connectivity index (χ1v) is 18.0. The third-order valence-corrected chi connectivity index (χ3v) is 11.4. The van der Waals surface area contributed by atoms with Gasteiger partial charge in [0.05, 0.1) is 27.6 Å². The van der Waals surface area contributed by atoms with Crippen LogP contribution in [0.2, 0.25) is 0 Å². The molecule has 0 amide bonds. The highest BCUT2D eigenvalue weighted by atomic mass is 15.0. The van der Waals surface area contributed by atoms with Crippen LogP contribution in [0.4, 0.5) is 0 Å². The molecule has 0 fully saturated rings. The summed E-state index contributed by atoms with van der Waals surface area (Å²) in [5, 5.41) is 12.9. The molecule has 2 nitrogen and oxygen atoms in total. The lowest BCUT2D eigenvalue weighted by molar-refractivity contribution is 1.19. The van der Waals surface area contributed by atoms with E-state index in [0.717, 1.165) is 5.69 Å². The summed E-state index contributed by atoms with van der Waals surface area (Å²) >= 11 is 0. The molecule has 240 valence electrons. The van der Waals surface area contributed by atoms with Gasteiger partial charge in [-0.05, 0) is 63.4 Å². The van der Waals surface area contributed by atoms with Gasteiger partial charge in [-0.25, -0.2) is 0 Å². The molecule has 0 aliphatic rings. The summed E-state index contributed by atoms with van der Waals surface area (Å²) in [7, 11) is 0. The van der Waals surface area contributed by atoms with Crippen LogP contribution in [0.15, 0.2) is 182 Å². The Kier molecular flexibility index (Phi) is 5.53. The molecule has 0 atom stereocenters. The number of rotatable bonds is 3. The molecule has 0 saturated carbocycles. The van der Waals surface area contributed by atoms with Crippen LogP contribution in [0, 0.1) is 0 Å². The number of nitrogens with zero attached hydrogens (tertiary/aromatic N) is 2. The molecule has 0 aliphatic carbocycles. The van der Waals surface area contributed by atoms with Gasteiger partial charge in [0.25, 0.3) is 0 Å². The third-order valence-electron chi connectivity index (χ3n) is 11.4. The summed E-state index contributed by atoms with van der Waals surface area (Å²) in [5.74, 6) is 0. The van der Waals surface area contributed by atoms with Crippen LogP contribution >= 0.6 is 0 Å². The van der Waals surface area contributed by atoms with Crippen molar-refractivity contribution in [1.29, 1.82) is 0 Å². The molecule has 0 bridgehead atoms. The fourth-order valence-corrected chi connectivity index (χ4v) is 9.24. The molecule has 9 aromatic carbocycles. The molecule has 12 aromatic rings. The Hall–Kier alpha value is -6.90. The maximum Gasteiger partial charge on any atom is 0.0627 e. The molecular formula is C50H30N2. The average Bonchev–Trinajstić information content (AvgIpc) is 3.86. The number of aromatic nitrogens is 2. The summed E-state index contributed by atoms with van der Waals surface area (Å²) in [6.07, 6.45) is 0. The highest BCUT2D eigenvalue weighted by Gasteiger charge is 2.25. The topological polar surface area (TPSA) is 9.34 Å². The Morgan fingerprint density at radius 3 is 1.62 bits per heavy atom. The van der Waals surface area contributed by atoms with E-state index in [9.17, 15) is 0 Å². The van der Waals surface area contributed by atoms with E-state index in [4.69, 9.17) is 0 Å². The number of hydrogen-bond donors (Lipinski definition) is 0. The number of fused-ring (bicyclic) bond motifs is 14. The average molecular weight is 659 g/mol. The second-order valence-electron chi connectivity index (χ2n) is 14.1. The normalized spacial score (nSPS) is 12.2. The molecule has 0 saturated heterocycles. The summed E-state index contributed by atoms with van der Waals surface area (Å²) in [5.41, 5.74) is 12.4. The standard InChI is InChI=1S/C50H30N2/c1-2-13-31(14-3-1)36-17-6-7-18-37(36)32-25-27-35(28-26-32)51-45-30-34-16-5-4-15-33(34)29-43(45)47-46-42-23-12-22-39-38-19-10-11-24-44(38)52(48(39)42)50(46)41-21-9-8-20-40(41)49(47)51/h1-30H. The largest absolute Gasteiger partial charge is 0.309 e. The number of hydrogen-bond acceptors (Lipinski definition) is 0. The van der Waals surface area contributed by atoms with Gasteiger partial charge in [-0.15, -0.1) is 0 Å². The Balaban J connectivity index is 1.23. The minimum absolute atomic E-state index is 1.16. The van der Waals surface area contributed by atoms with E-state index in [1.54, 1.807) is 0 Å². The van der Waals surface area contributed by atoms with Gasteiger partial charge in [-0.2, -0.15) is 0 Å². The first-order valence-electron chi connectivity index (χ1n) is 18.0. The van der Waals surface area contributed by atoms with E-state index < -0.39 is 0 Å². The van der Waals surface area contributed by atoms with Gasteiger partial charge in [-0.1, -0.05) is 152 Å². The molecule has 0 unspecified atom stereocenters. The lowest BCUT2D eigenvalue weighted by Gasteiger charge is -2.14. The fourth-order valence-electron chi connectivity index (χ4n) is 9.24. The second kappa shape index (κ2) is 10.3. The van der Waals surface area contributed by atoms with E-state index in [-0.39, 0.29) is 0 Å². The van der Waals surface area contributed by atoms with E-state index >= 15 is 0 Å². The van der Waals surface area contributed by atoms with Gasteiger partial charge >= 0.3 is 0 Å². The first kappa shape index (κ1) is 27.9.